The monoisotopic (exact) mass is 253 g/mol. The number of rotatable bonds is 11. The van der Waals surface area contributed by atoms with Gasteiger partial charge in [-0.25, -0.2) is 4.79 Å². The van der Waals surface area contributed by atoms with Crippen molar-refractivity contribution in [2.45, 2.75) is 51.4 Å². The molecule has 0 unspecified atom stereocenters. The molecule has 0 rings (SSSR count). The molecule has 0 aliphatic rings. The van der Waals surface area contributed by atoms with Crippen molar-refractivity contribution >= 4 is 5.97 Å². The van der Waals surface area contributed by atoms with Crippen LogP contribution in [0, 0.1) is 11.3 Å². The molecule has 0 saturated carbocycles. The van der Waals surface area contributed by atoms with Crippen molar-refractivity contribution < 1.29 is 14.6 Å². The molecule has 0 amide bonds. The highest BCUT2D eigenvalue weighted by Crippen LogP contribution is 2.08. The third-order valence-corrected chi connectivity index (χ3v) is 2.59. The zero-order valence-corrected chi connectivity index (χ0v) is 10.9. The van der Waals surface area contributed by atoms with Crippen LogP contribution in [0.4, 0.5) is 0 Å². The summed E-state index contributed by atoms with van der Waals surface area (Å²) in [5, 5.41) is 16.8. The van der Waals surface area contributed by atoms with Gasteiger partial charge in [-0.3, -0.25) is 0 Å². The summed E-state index contributed by atoms with van der Waals surface area (Å²) in [7, 11) is 0. The van der Waals surface area contributed by atoms with Gasteiger partial charge in [0, 0.05) is 18.8 Å². The molecule has 102 valence electrons. The van der Waals surface area contributed by atoms with Crippen molar-refractivity contribution in [2.75, 3.05) is 13.2 Å². The van der Waals surface area contributed by atoms with E-state index >= 15 is 0 Å². The largest absolute Gasteiger partial charge is 0.463 e. The number of esters is 1. The van der Waals surface area contributed by atoms with Crippen molar-refractivity contribution in [3.05, 3.63) is 12.2 Å². The molecular formula is C14H23NO3. The summed E-state index contributed by atoms with van der Waals surface area (Å²) in [5.74, 6) is -0.444. The Bertz CT molecular complexity index is 269. The fourth-order valence-corrected chi connectivity index (χ4v) is 1.60. The van der Waals surface area contributed by atoms with Gasteiger partial charge >= 0.3 is 5.97 Å². The van der Waals surface area contributed by atoms with E-state index in [2.05, 4.69) is 0 Å². The van der Waals surface area contributed by atoms with E-state index in [1.807, 2.05) is 0 Å². The van der Waals surface area contributed by atoms with Gasteiger partial charge < -0.3 is 9.84 Å². The predicted molar refractivity (Wildman–Crippen MR) is 69.7 cm³/mol. The average Bonchev–Trinajstić information content (AvgIpc) is 2.38. The standard InChI is InChI=1S/C14H23NO3/c15-11-9-10-14(17)18-13-8-6-4-2-1-3-5-7-12-16/h9-10,16H,1-8,12-13H2. The van der Waals surface area contributed by atoms with Gasteiger partial charge in [-0.05, 0) is 12.8 Å². The minimum absolute atomic E-state index is 0.297. The SMILES string of the molecule is N#CC=CC(=O)OCCCCCCCCCCO. The van der Waals surface area contributed by atoms with Crippen molar-refractivity contribution in [3.8, 4) is 6.07 Å². The highest BCUT2D eigenvalue weighted by Gasteiger charge is 1.96. The number of carbonyl (C=O) groups excluding carboxylic acids is 1. The average molecular weight is 253 g/mol. The number of ether oxygens (including phenoxy) is 1. The third kappa shape index (κ3) is 12.7. The van der Waals surface area contributed by atoms with E-state index in [1.165, 1.54) is 19.3 Å². The first-order valence-corrected chi connectivity index (χ1v) is 6.65. The highest BCUT2D eigenvalue weighted by molar-refractivity contribution is 5.82. The number of nitrogens with zero attached hydrogens (tertiary/aromatic N) is 1. The summed E-state index contributed by atoms with van der Waals surface area (Å²) in [4.78, 5) is 11.0. The van der Waals surface area contributed by atoms with Gasteiger partial charge in [0.1, 0.15) is 0 Å². The molecule has 0 atom stereocenters. The molecule has 0 spiro atoms. The zero-order chi connectivity index (χ0) is 13.5. The smallest absolute Gasteiger partial charge is 0.331 e. The molecule has 0 aromatic heterocycles. The van der Waals surface area contributed by atoms with Crippen LogP contribution in [0.2, 0.25) is 0 Å². The second-order valence-electron chi connectivity index (χ2n) is 4.18. The number of hydrogen-bond acceptors (Lipinski definition) is 4. The van der Waals surface area contributed by atoms with Gasteiger partial charge in [-0.15, -0.1) is 0 Å². The number of unbranched alkanes of at least 4 members (excludes halogenated alkanes) is 7. The normalized spacial score (nSPS) is 10.4. The molecule has 0 aliphatic heterocycles. The third-order valence-electron chi connectivity index (χ3n) is 2.59. The van der Waals surface area contributed by atoms with Gasteiger partial charge in [0.2, 0.25) is 0 Å². The Balaban J connectivity index is 3.14. The fraction of sp³-hybridized carbons (Fsp3) is 0.714. The lowest BCUT2D eigenvalue weighted by Crippen LogP contribution is -2.02. The van der Waals surface area contributed by atoms with E-state index in [4.69, 9.17) is 15.1 Å². The van der Waals surface area contributed by atoms with Crippen LogP contribution in [-0.4, -0.2) is 24.3 Å². The van der Waals surface area contributed by atoms with E-state index in [0.29, 0.717) is 13.2 Å². The minimum Gasteiger partial charge on any atom is -0.463 e. The second-order valence-corrected chi connectivity index (χ2v) is 4.18. The number of carbonyl (C=O) groups is 1. The summed E-state index contributed by atoms with van der Waals surface area (Å²) in [6.45, 7) is 0.727. The number of allylic oxidation sites excluding steroid dienone is 1. The van der Waals surface area contributed by atoms with Crippen LogP contribution in [0.3, 0.4) is 0 Å². The van der Waals surface area contributed by atoms with Gasteiger partial charge in [0.25, 0.3) is 0 Å². The molecule has 0 bridgehead atoms. The minimum atomic E-state index is -0.444. The van der Waals surface area contributed by atoms with Crippen LogP contribution in [0.25, 0.3) is 0 Å². The topological polar surface area (TPSA) is 70.3 Å². The fourth-order valence-electron chi connectivity index (χ4n) is 1.60. The zero-order valence-electron chi connectivity index (χ0n) is 10.9. The molecule has 0 aromatic rings. The molecule has 0 aliphatic carbocycles. The van der Waals surface area contributed by atoms with Crippen LogP contribution in [-0.2, 0) is 9.53 Å². The molecule has 4 nitrogen and oxygen atoms in total. The van der Waals surface area contributed by atoms with Crippen LogP contribution in [0.5, 0.6) is 0 Å². The predicted octanol–water partition coefficient (Wildman–Crippen LogP) is 2.72. The summed E-state index contributed by atoms with van der Waals surface area (Å²) in [5.41, 5.74) is 0. The van der Waals surface area contributed by atoms with E-state index < -0.39 is 5.97 Å². The summed E-state index contributed by atoms with van der Waals surface area (Å²) < 4.78 is 4.90. The van der Waals surface area contributed by atoms with E-state index in [-0.39, 0.29) is 0 Å². The van der Waals surface area contributed by atoms with E-state index in [0.717, 1.165) is 44.3 Å². The Labute approximate surface area is 109 Å². The number of aliphatic hydroxyl groups excluding tert-OH is 1. The van der Waals surface area contributed by atoms with Crippen molar-refractivity contribution in [2.24, 2.45) is 0 Å². The van der Waals surface area contributed by atoms with Crippen LogP contribution >= 0.6 is 0 Å². The lowest BCUT2D eigenvalue weighted by Gasteiger charge is -2.02. The molecule has 18 heavy (non-hydrogen) atoms. The Morgan fingerprint density at radius 3 is 2.17 bits per heavy atom. The van der Waals surface area contributed by atoms with Gasteiger partial charge in [0.15, 0.2) is 0 Å². The molecule has 0 radical (unpaired) electrons. The highest BCUT2D eigenvalue weighted by atomic mass is 16.5. The number of nitriles is 1. The molecule has 0 aromatic carbocycles. The van der Waals surface area contributed by atoms with E-state index in [9.17, 15) is 4.79 Å². The molecule has 4 heteroatoms. The maximum absolute atomic E-state index is 11.0. The quantitative estimate of drug-likeness (QED) is 0.266. The van der Waals surface area contributed by atoms with Gasteiger partial charge in [-0.1, -0.05) is 38.5 Å². The van der Waals surface area contributed by atoms with Gasteiger partial charge in [-0.2, -0.15) is 5.26 Å². The molecular weight excluding hydrogens is 230 g/mol. The maximum Gasteiger partial charge on any atom is 0.331 e. The Morgan fingerprint density at radius 1 is 1.06 bits per heavy atom. The lowest BCUT2D eigenvalue weighted by molar-refractivity contribution is -0.137. The van der Waals surface area contributed by atoms with Crippen molar-refractivity contribution in [1.82, 2.24) is 0 Å². The van der Waals surface area contributed by atoms with Crippen molar-refractivity contribution in [3.63, 3.8) is 0 Å². The summed E-state index contributed by atoms with van der Waals surface area (Å²) >= 11 is 0. The molecule has 0 heterocycles. The Kier molecular flexibility index (Phi) is 12.7. The first-order chi connectivity index (χ1) is 8.81. The van der Waals surface area contributed by atoms with Gasteiger partial charge in [0.05, 0.1) is 12.7 Å². The molecule has 0 saturated heterocycles. The molecule has 0 fully saturated rings. The molecule has 1 N–H and O–H groups in total. The first kappa shape index (κ1) is 16.7. The van der Waals surface area contributed by atoms with E-state index in [1.54, 1.807) is 6.07 Å². The van der Waals surface area contributed by atoms with Crippen LogP contribution in [0.1, 0.15) is 51.4 Å². The first-order valence-electron chi connectivity index (χ1n) is 6.65. The van der Waals surface area contributed by atoms with Crippen LogP contribution < -0.4 is 0 Å². The summed E-state index contributed by atoms with van der Waals surface area (Å²) in [6, 6.07) is 1.74. The van der Waals surface area contributed by atoms with Crippen LogP contribution in [0.15, 0.2) is 12.2 Å². The maximum atomic E-state index is 11.0. The second kappa shape index (κ2) is 13.7. The van der Waals surface area contributed by atoms with Crippen molar-refractivity contribution in [1.29, 1.82) is 5.26 Å². The number of aliphatic hydroxyl groups is 1. The summed E-state index contributed by atoms with van der Waals surface area (Å²) in [6.07, 6.45) is 11.0. The number of hydrogen-bond donors (Lipinski definition) is 1. The lowest BCUT2D eigenvalue weighted by atomic mass is 10.1. The Morgan fingerprint density at radius 2 is 1.61 bits per heavy atom. The Hall–Kier alpha value is -1.34.